The molecular weight excluding hydrogens is 288 g/mol. The maximum Gasteiger partial charge on any atom is 0.295 e. The van der Waals surface area contributed by atoms with E-state index in [4.69, 9.17) is 9.15 Å². The van der Waals surface area contributed by atoms with Gasteiger partial charge in [0.15, 0.2) is 5.58 Å². The summed E-state index contributed by atoms with van der Waals surface area (Å²) in [5.74, 6) is 0.418. The van der Waals surface area contributed by atoms with Gasteiger partial charge in [0.1, 0.15) is 5.52 Å². The average Bonchev–Trinajstić information content (AvgIpc) is 3.04. The van der Waals surface area contributed by atoms with E-state index in [-0.39, 0.29) is 6.10 Å². The van der Waals surface area contributed by atoms with Crippen LogP contribution in [0.3, 0.4) is 0 Å². The number of rotatable bonds is 4. The largest absolute Gasteiger partial charge is 0.424 e. The van der Waals surface area contributed by atoms with Crippen LogP contribution in [-0.4, -0.2) is 18.1 Å². The maximum atomic E-state index is 6.03. The number of fused-ring (bicyclic) bond motifs is 1. The summed E-state index contributed by atoms with van der Waals surface area (Å²) >= 11 is 0. The van der Waals surface area contributed by atoms with Crippen LogP contribution in [0.2, 0.25) is 0 Å². The van der Waals surface area contributed by atoms with Gasteiger partial charge >= 0.3 is 0 Å². The molecule has 1 aromatic heterocycles. The van der Waals surface area contributed by atoms with E-state index in [9.17, 15) is 0 Å². The summed E-state index contributed by atoms with van der Waals surface area (Å²) in [5, 5.41) is 3.35. The van der Waals surface area contributed by atoms with Gasteiger partial charge in [-0.15, -0.1) is 0 Å². The van der Waals surface area contributed by atoms with Gasteiger partial charge in [0.2, 0.25) is 0 Å². The number of hydrogen-bond acceptors (Lipinski definition) is 4. The van der Waals surface area contributed by atoms with Crippen molar-refractivity contribution in [2.45, 2.75) is 18.9 Å². The Hall–Kier alpha value is -2.33. The molecule has 1 fully saturated rings. The van der Waals surface area contributed by atoms with E-state index in [1.165, 1.54) is 5.56 Å². The molecular formula is C19H20N2O2. The molecule has 1 aliphatic rings. The van der Waals surface area contributed by atoms with Crippen molar-refractivity contribution in [1.29, 1.82) is 0 Å². The zero-order valence-corrected chi connectivity index (χ0v) is 12.9. The van der Waals surface area contributed by atoms with Crippen molar-refractivity contribution in [2.75, 3.05) is 18.5 Å². The lowest BCUT2D eigenvalue weighted by Gasteiger charge is -2.32. The highest BCUT2D eigenvalue weighted by atomic mass is 16.5. The summed E-state index contributed by atoms with van der Waals surface area (Å²) < 4.78 is 11.8. The highest BCUT2D eigenvalue weighted by Crippen LogP contribution is 2.33. The van der Waals surface area contributed by atoms with Crippen LogP contribution in [0.25, 0.3) is 11.1 Å². The summed E-state index contributed by atoms with van der Waals surface area (Å²) in [5.41, 5.74) is 2.94. The Morgan fingerprint density at radius 2 is 1.87 bits per heavy atom. The molecule has 4 rings (SSSR count). The van der Waals surface area contributed by atoms with Crippen LogP contribution in [0, 0.1) is 5.92 Å². The number of ether oxygens (including phenoxy) is 1. The Balaban J connectivity index is 1.47. The van der Waals surface area contributed by atoms with Gasteiger partial charge in [-0.2, -0.15) is 4.98 Å². The quantitative estimate of drug-likeness (QED) is 0.775. The fraction of sp³-hybridized carbons (Fsp3) is 0.316. The minimum atomic E-state index is 0.141. The number of nitrogens with zero attached hydrogens (tertiary/aromatic N) is 1. The van der Waals surface area contributed by atoms with E-state index in [1.54, 1.807) is 0 Å². The second-order valence-electron chi connectivity index (χ2n) is 5.97. The number of benzene rings is 2. The monoisotopic (exact) mass is 308 g/mol. The fourth-order valence-corrected chi connectivity index (χ4v) is 3.23. The molecule has 1 aliphatic heterocycles. The molecule has 1 N–H and O–H groups in total. The number of hydrogen-bond donors (Lipinski definition) is 1. The average molecular weight is 308 g/mol. The molecule has 1 saturated heterocycles. The zero-order valence-electron chi connectivity index (χ0n) is 12.9. The third-order valence-electron chi connectivity index (χ3n) is 4.38. The minimum absolute atomic E-state index is 0.141. The Kier molecular flexibility index (Phi) is 3.99. The Labute approximate surface area is 135 Å². The number of nitrogens with one attached hydrogen (secondary N) is 1. The Morgan fingerprint density at radius 1 is 1.04 bits per heavy atom. The third kappa shape index (κ3) is 3.08. The lowest BCUT2D eigenvalue weighted by atomic mass is 9.89. The number of aromatic nitrogens is 1. The van der Waals surface area contributed by atoms with Crippen LogP contribution in [0.4, 0.5) is 6.01 Å². The van der Waals surface area contributed by atoms with Gasteiger partial charge in [-0.1, -0.05) is 42.5 Å². The molecule has 0 aliphatic carbocycles. The molecule has 4 heteroatoms. The van der Waals surface area contributed by atoms with Crippen molar-refractivity contribution in [3.8, 4) is 0 Å². The summed E-state index contributed by atoms with van der Waals surface area (Å²) in [7, 11) is 0. The van der Waals surface area contributed by atoms with Gasteiger partial charge < -0.3 is 14.5 Å². The molecule has 3 aromatic rings. The maximum absolute atomic E-state index is 6.03. The standard InChI is InChI=1S/C19H20N2O2/c1-2-7-14(8-3-1)18-15(9-6-12-22-18)13-20-19-21-16-10-4-5-11-17(16)23-19/h1-5,7-8,10-11,15,18H,6,9,12-13H2,(H,20,21). The summed E-state index contributed by atoms with van der Waals surface area (Å²) in [6, 6.07) is 18.9. The fourth-order valence-electron chi connectivity index (χ4n) is 3.23. The van der Waals surface area contributed by atoms with E-state index in [0.29, 0.717) is 11.9 Å². The van der Waals surface area contributed by atoms with Gasteiger partial charge in [-0.3, -0.25) is 0 Å². The van der Waals surface area contributed by atoms with Gasteiger partial charge in [-0.05, 0) is 30.5 Å². The first-order valence-electron chi connectivity index (χ1n) is 8.16. The second kappa shape index (κ2) is 6.42. The van der Waals surface area contributed by atoms with Crippen LogP contribution >= 0.6 is 0 Å². The summed E-state index contributed by atoms with van der Waals surface area (Å²) in [6.45, 7) is 1.63. The van der Waals surface area contributed by atoms with Gasteiger partial charge in [-0.25, -0.2) is 0 Å². The lowest BCUT2D eigenvalue weighted by Crippen LogP contribution is -2.28. The van der Waals surface area contributed by atoms with Gasteiger partial charge in [0.25, 0.3) is 6.01 Å². The summed E-state index contributed by atoms with van der Waals surface area (Å²) in [4.78, 5) is 4.48. The Morgan fingerprint density at radius 3 is 2.74 bits per heavy atom. The van der Waals surface area contributed by atoms with E-state index in [0.717, 1.165) is 37.1 Å². The smallest absolute Gasteiger partial charge is 0.295 e. The highest BCUT2D eigenvalue weighted by molar-refractivity contribution is 5.74. The molecule has 0 bridgehead atoms. The first-order valence-corrected chi connectivity index (χ1v) is 8.16. The molecule has 2 atom stereocenters. The molecule has 0 spiro atoms. The number of anilines is 1. The first-order chi connectivity index (χ1) is 11.4. The molecule has 2 aromatic carbocycles. The van der Waals surface area contributed by atoms with Crippen LogP contribution in [-0.2, 0) is 4.74 Å². The van der Waals surface area contributed by atoms with E-state index in [1.807, 2.05) is 30.3 Å². The van der Waals surface area contributed by atoms with E-state index >= 15 is 0 Å². The van der Waals surface area contributed by atoms with Crippen molar-refractivity contribution in [3.63, 3.8) is 0 Å². The highest BCUT2D eigenvalue weighted by Gasteiger charge is 2.27. The molecule has 2 heterocycles. The van der Waals surface area contributed by atoms with E-state index < -0.39 is 0 Å². The van der Waals surface area contributed by atoms with Crippen molar-refractivity contribution < 1.29 is 9.15 Å². The summed E-state index contributed by atoms with van der Waals surface area (Å²) in [6.07, 6.45) is 2.39. The minimum Gasteiger partial charge on any atom is -0.424 e. The molecule has 118 valence electrons. The first kappa shape index (κ1) is 14.3. The second-order valence-corrected chi connectivity index (χ2v) is 5.97. The van der Waals surface area contributed by atoms with Crippen LogP contribution in [0.1, 0.15) is 24.5 Å². The van der Waals surface area contributed by atoms with Crippen LogP contribution < -0.4 is 5.32 Å². The molecule has 2 unspecified atom stereocenters. The topological polar surface area (TPSA) is 47.3 Å². The van der Waals surface area contributed by atoms with Crippen LogP contribution in [0.15, 0.2) is 59.0 Å². The molecule has 23 heavy (non-hydrogen) atoms. The molecule has 0 saturated carbocycles. The predicted molar refractivity (Wildman–Crippen MR) is 90.4 cm³/mol. The van der Waals surface area contributed by atoms with Gasteiger partial charge in [0, 0.05) is 19.1 Å². The number of para-hydroxylation sites is 2. The predicted octanol–water partition coefficient (Wildman–Crippen LogP) is 4.41. The number of oxazole rings is 1. The Bertz CT molecular complexity index is 736. The van der Waals surface area contributed by atoms with Crippen LogP contribution in [0.5, 0.6) is 0 Å². The third-order valence-corrected chi connectivity index (χ3v) is 4.38. The van der Waals surface area contributed by atoms with Gasteiger partial charge in [0.05, 0.1) is 6.10 Å². The lowest BCUT2D eigenvalue weighted by molar-refractivity contribution is -0.0239. The van der Waals surface area contributed by atoms with E-state index in [2.05, 4.69) is 34.6 Å². The molecule has 0 radical (unpaired) electrons. The van der Waals surface area contributed by atoms with Crippen molar-refractivity contribution >= 4 is 17.1 Å². The van der Waals surface area contributed by atoms with Crippen molar-refractivity contribution in [1.82, 2.24) is 4.98 Å². The zero-order chi connectivity index (χ0) is 15.5. The molecule has 4 nitrogen and oxygen atoms in total. The molecule has 0 amide bonds. The van der Waals surface area contributed by atoms with Crippen molar-refractivity contribution in [2.24, 2.45) is 5.92 Å². The normalized spacial score (nSPS) is 21.4. The van der Waals surface area contributed by atoms with Crippen molar-refractivity contribution in [3.05, 3.63) is 60.2 Å². The SMILES string of the molecule is c1ccc(C2OCCCC2CNc2nc3ccccc3o2)cc1.